The molecule has 3 aromatic carbocycles. The third kappa shape index (κ3) is 6.33. The number of benzene rings is 3. The molecular formula is C26H20BrClN2O6S. The van der Waals surface area contributed by atoms with Gasteiger partial charge in [0.1, 0.15) is 6.61 Å². The van der Waals surface area contributed by atoms with Crippen molar-refractivity contribution < 1.29 is 24.0 Å². The van der Waals surface area contributed by atoms with Gasteiger partial charge in [-0.05, 0) is 87.7 Å². The van der Waals surface area contributed by atoms with Gasteiger partial charge in [-0.15, -0.1) is 0 Å². The van der Waals surface area contributed by atoms with Crippen molar-refractivity contribution in [1.82, 2.24) is 4.90 Å². The highest BCUT2D eigenvalue weighted by Crippen LogP contribution is 2.40. The predicted octanol–water partition coefficient (Wildman–Crippen LogP) is 7.22. The summed E-state index contributed by atoms with van der Waals surface area (Å²) in [5.74, 6) is 0.493. The average molecular weight is 604 g/mol. The lowest BCUT2D eigenvalue weighted by molar-refractivity contribution is -0.384. The van der Waals surface area contributed by atoms with Crippen molar-refractivity contribution in [1.29, 1.82) is 0 Å². The second kappa shape index (κ2) is 11.8. The van der Waals surface area contributed by atoms with Crippen LogP contribution in [0.3, 0.4) is 0 Å². The third-order valence-corrected chi connectivity index (χ3v) is 7.18. The van der Waals surface area contributed by atoms with Gasteiger partial charge in [0, 0.05) is 17.2 Å². The number of amides is 2. The molecule has 0 atom stereocenters. The van der Waals surface area contributed by atoms with Crippen LogP contribution in [0.5, 0.6) is 11.5 Å². The molecule has 1 saturated heterocycles. The minimum atomic E-state index is -0.460. The lowest BCUT2D eigenvalue weighted by Gasteiger charge is -2.15. The van der Waals surface area contributed by atoms with Crippen molar-refractivity contribution in [3.63, 3.8) is 0 Å². The van der Waals surface area contributed by atoms with E-state index in [1.807, 2.05) is 6.92 Å². The van der Waals surface area contributed by atoms with Crippen LogP contribution in [0.15, 0.2) is 70.0 Å². The minimum absolute atomic E-state index is 0.000527. The predicted molar refractivity (Wildman–Crippen MR) is 146 cm³/mol. The molecule has 1 heterocycles. The summed E-state index contributed by atoms with van der Waals surface area (Å²) in [6.45, 7) is 2.46. The number of imide groups is 1. The molecule has 11 heteroatoms. The van der Waals surface area contributed by atoms with E-state index < -0.39 is 10.8 Å². The molecule has 0 saturated carbocycles. The zero-order valence-corrected chi connectivity index (χ0v) is 22.6. The highest BCUT2D eigenvalue weighted by molar-refractivity contribution is 9.10. The van der Waals surface area contributed by atoms with E-state index in [2.05, 4.69) is 15.9 Å². The molecule has 1 aliphatic rings. The summed E-state index contributed by atoms with van der Waals surface area (Å²) in [6, 6.07) is 16.6. The standard InChI is InChI=1S/C26H20BrClN2O6S/c1-2-35-22-12-17(11-20(27)24(22)36-15-16-7-9-19(10-8-16)30(33)34)13-23-25(31)29(26(32)37-23)14-18-5-3-4-6-21(18)28/h3-13H,2,14-15H2,1H3/b23-13+. The van der Waals surface area contributed by atoms with Crippen molar-refractivity contribution in [3.8, 4) is 11.5 Å². The first kappa shape index (κ1) is 26.7. The van der Waals surface area contributed by atoms with Crippen LogP contribution in [0.4, 0.5) is 10.5 Å². The maximum Gasteiger partial charge on any atom is 0.293 e. The topological polar surface area (TPSA) is 99.0 Å². The van der Waals surface area contributed by atoms with Crippen molar-refractivity contribution in [2.75, 3.05) is 6.61 Å². The van der Waals surface area contributed by atoms with E-state index in [9.17, 15) is 19.7 Å². The molecule has 37 heavy (non-hydrogen) atoms. The highest BCUT2D eigenvalue weighted by atomic mass is 79.9. The third-order valence-electron chi connectivity index (χ3n) is 5.32. The molecule has 0 spiro atoms. The molecule has 190 valence electrons. The molecule has 4 rings (SSSR count). The van der Waals surface area contributed by atoms with Gasteiger partial charge in [0.15, 0.2) is 11.5 Å². The van der Waals surface area contributed by atoms with E-state index >= 15 is 0 Å². The Labute approximate surface area is 230 Å². The molecule has 1 aliphatic heterocycles. The fraction of sp³-hybridized carbons (Fsp3) is 0.154. The number of non-ortho nitro benzene ring substituents is 1. The van der Waals surface area contributed by atoms with Crippen LogP contribution in [-0.2, 0) is 17.9 Å². The summed E-state index contributed by atoms with van der Waals surface area (Å²) in [7, 11) is 0. The van der Waals surface area contributed by atoms with Crippen molar-refractivity contribution in [2.45, 2.75) is 20.1 Å². The van der Waals surface area contributed by atoms with Crippen LogP contribution in [-0.4, -0.2) is 27.6 Å². The monoisotopic (exact) mass is 602 g/mol. The number of hydrogen-bond donors (Lipinski definition) is 0. The fourth-order valence-corrected chi connectivity index (χ4v) is 5.14. The molecule has 1 fully saturated rings. The smallest absolute Gasteiger partial charge is 0.293 e. The second-order valence-electron chi connectivity index (χ2n) is 7.83. The Bertz CT molecular complexity index is 1400. The normalized spacial score (nSPS) is 14.4. The Morgan fingerprint density at radius 2 is 1.84 bits per heavy atom. The van der Waals surface area contributed by atoms with Crippen molar-refractivity contribution >= 4 is 62.2 Å². The molecule has 8 nitrogen and oxygen atoms in total. The van der Waals surface area contributed by atoms with Crippen LogP contribution < -0.4 is 9.47 Å². The number of nitrogens with zero attached hydrogens (tertiary/aromatic N) is 2. The SMILES string of the molecule is CCOc1cc(/C=C2/SC(=O)N(Cc3ccccc3Cl)C2=O)cc(Br)c1OCc1ccc([N+](=O)[O-])cc1. The van der Waals surface area contributed by atoms with Crippen LogP contribution in [0, 0.1) is 10.1 Å². The molecule has 2 amide bonds. The van der Waals surface area contributed by atoms with Gasteiger partial charge in [-0.1, -0.05) is 29.8 Å². The largest absolute Gasteiger partial charge is 0.490 e. The van der Waals surface area contributed by atoms with Crippen molar-refractivity contribution in [3.05, 3.63) is 102 Å². The average Bonchev–Trinajstić information content (AvgIpc) is 3.12. The van der Waals surface area contributed by atoms with Gasteiger partial charge < -0.3 is 9.47 Å². The number of thioether (sulfide) groups is 1. The van der Waals surface area contributed by atoms with Gasteiger partial charge in [-0.2, -0.15) is 0 Å². The van der Waals surface area contributed by atoms with E-state index in [4.69, 9.17) is 21.1 Å². The van der Waals surface area contributed by atoms with Crippen LogP contribution in [0.1, 0.15) is 23.6 Å². The number of halogens is 2. The van der Waals surface area contributed by atoms with E-state index in [1.54, 1.807) is 54.6 Å². The molecule has 3 aromatic rings. The minimum Gasteiger partial charge on any atom is -0.490 e. The van der Waals surface area contributed by atoms with Gasteiger partial charge >= 0.3 is 0 Å². The number of hydrogen-bond acceptors (Lipinski definition) is 7. The Morgan fingerprint density at radius 3 is 2.51 bits per heavy atom. The Kier molecular flexibility index (Phi) is 8.52. The Hall–Kier alpha value is -3.34. The van der Waals surface area contributed by atoms with Crippen molar-refractivity contribution in [2.24, 2.45) is 0 Å². The summed E-state index contributed by atoms with van der Waals surface area (Å²) in [6.07, 6.45) is 1.63. The van der Waals surface area contributed by atoms with E-state index in [-0.39, 0.29) is 29.0 Å². The fourth-order valence-electron chi connectivity index (χ4n) is 3.53. The number of carbonyl (C=O) groups is 2. The number of nitro groups is 1. The first-order valence-electron chi connectivity index (χ1n) is 11.1. The number of nitro benzene ring substituents is 1. The zero-order chi connectivity index (χ0) is 26.5. The van der Waals surface area contributed by atoms with Gasteiger partial charge in [0.05, 0.1) is 27.5 Å². The summed E-state index contributed by atoms with van der Waals surface area (Å²) >= 11 is 10.6. The van der Waals surface area contributed by atoms with Gasteiger partial charge in [-0.25, -0.2) is 0 Å². The van der Waals surface area contributed by atoms with E-state index in [1.165, 1.54) is 12.1 Å². The molecule has 0 aliphatic carbocycles. The Balaban J connectivity index is 1.54. The Morgan fingerprint density at radius 1 is 1.11 bits per heavy atom. The maximum absolute atomic E-state index is 13.0. The van der Waals surface area contributed by atoms with E-state index in [0.717, 1.165) is 22.2 Å². The second-order valence-corrected chi connectivity index (χ2v) is 10.1. The van der Waals surface area contributed by atoms with E-state index in [0.29, 0.717) is 38.7 Å². The summed E-state index contributed by atoms with van der Waals surface area (Å²) < 4.78 is 12.3. The van der Waals surface area contributed by atoms with Crippen LogP contribution in [0.25, 0.3) is 6.08 Å². The van der Waals surface area contributed by atoms with Crippen LogP contribution in [0.2, 0.25) is 5.02 Å². The summed E-state index contributed by atoms with van der Waals surface area (Å²) in [4.78, 5) is 37.4. The first-order valence-corrected chi connectivity index (χ1v) is 13.1. The number of ether oxygens (including phenoxy) is 2. The zero-order valence-electron chi connectivity index (χ0n) is 19.5. The van der Waals surface area contributed by atoms with Gasteiger partial charge in [0.2, 0.25) is 0 Å². The van der Waals surface area contributed by atoms with Crippen LogP contribution >= 0.6 is 39.3 Å². The molecular weight excluding hydrogens is 584 g/mol. The molecule has 0 aromatic heterocycles. The van der Waals surface area contributed by atoms with Gasteiger partial charge in [0.25, 0.3) is 16.8 Å². The first-order chi connectivity index (χ1) is 17.8. The summed E-state index contributed by atoms with van der Waals surface area (Å²) in [5, 5.41) is 11.0. The number of rotatable bonds is 9. The highest BCUT2D eigenvalue weighted by Gasteiger charge is 2.35. The molecule has 0 unspecified atom stereocenters. The quantitative estimate of drug-likeness (QED) is 0.145. The van der Waals surface area contributed by atoms with Gasteiger partial charge in [-0.3, -0.25) is 24.6 Å². The molecule has 0 bridgehead atoms. The molecule has 0 radical (unpaired) electrons. The molecule has 0 N–H and O–H groups in total. The summed E-state index contributed by atoms with van der Waals surface area (Å²) in [5.41, 5.74) is 2.07. The lowest BCUT2D eigenvalue weighted by Crippen LogP contribution is -2.27. The number of carbonyl (C=O) groups excluding carboxylic acids is 2. The maximum atomic E-state index is 13.0. The lowest BCUT2D eigenvalue weighted by atomic mass is 10.1.